The molecule has 0 radical (unpaired) electrons. The van der Waals surface area contributed by atoms with Crippen molar-refractivity contribution in [1.29, 1.82) is 0 Å². The minimum absolute atomic E-state index is 0. The van der Waals surface area contributed by atoms with Gasteiger partial charge in [-0.15, -0.1) is 12.4 Å². The Morgan fingerprint density at radius 3 is 2.64 bits per heavy atom. The van der Waals surface area contributed by atoms with Gasteiger partial charge in [-0.25, -0.2) is 4.39 Å². The Labute approximate surface area is 73.3 Å². The molecule has 4 heteroatoms. The number of halogens is 2. The van der Waals surface area contributed by atoms with Crippen LogP contribution in [-0.4, -0.2) is 36.7 Å². The molecule has 1 unspecified atom stereocenters. The maximum atomic E-state index is 13.1. The first-order chi connectivity index (χ1) is 4.64. The summed E-state index contributed by atoms with van der Waals surface area (Å²) in [5.74, 6) is 0. The number of nitrogens with two attached hydrogens (primary N) is 1. The zero-order chi connectivity index (χ0) is 7.61. The van der Waals surface area contributed by atoms with Crippen LogP contribution in [-0.2, 0) is 0 Å². The number of nitrogens with zero attached hydrogens (tertiary/aromatic N) is 1. The number of likely N-dealkylation sites (tertiary alicyclic amines) is 1. The van der Waals surface area contributed by atoms with E-state index in [4.69, 9.17) is 5.73 Å². The van der Waals surface area contributed by atoms with Gasteiger partial charge >= 0.3 is 0 Å². The summed E-state index contributed by atoms with van der Waals surface area (Å²) in [5.41, 5.74) is 4.37. The molecule has 1 aliphatic heterocycles. The Morgan fingerprint density at radius 2 is 2.27 bits per heavy atom. The molecule has 1 heterocycles. The van der Waals surface area contributed by atoms with Crippen molar-refractivity contribution in [2.45, 2.75) is 19.0 Å². The second kappa shape index (κ2) is 4.24. The smallest absolute Gasteiger partial charge is 0.122 e. The molecule has 0 amide bonds. The van der Waals surface area contributed by atoms with Crippen LogP contribution in [0.3, 0.4) is 0 Å². The van der Waals surface area contributed by atoms with E-state index >= 15 is 0 Å². The van der Waals surface area contributed by atoms with E-state index in [9.17, 15) is 4.39 Å². The van der Waals surface area contributed by atoms with Gasteiger partial charge in [-0.1, -0.05) is 0 Å². The molecule has 0 aliphatic carbocycles. The van der Waals surface area contributed by atoms with Gasteiger partial charge in [0.15, 0.2) is 0 Å². The highest BCUT2D eigenvalue weighted by Gasteiger charge is 2.32. The van der Waals surface area contributed by atoms with E-state index in [2.05, 4.69) is 4.90 Å². The van der Waals surface area contributed by atoms with Crippen molar-refractivity contribution in [3.8, 4) is 0 Å². The fourth-order valence-corrected chi connectivity index (χ4v) is 1.39. The molecular weight excluding hydrogens is 167 g/mol. The van der Waals surface area contributed by atoms with E-state index in [1.54, 1.807) is 6.92 Å². The summed E-state index contributed by atoms with van der Waals surface area (Å²) in [6.45, 7) is 4.55. The lowest BCUT2D eigenvalue weighted by atomic mass is 10.1. The SMILES string of the molecule is CC1(F)CCN(CCN)C1.Cl. The van der Waals surface area contributed by atoms with E-state index in [1.807, 2.05) is 0 Å². The largest absolute Gasteiger partial charge is 0.329 e. The molecule has 0 aromatic rings. The summed E-state index contributed by atoms with van der Waals surface area (Å²) >= 11 is 0. The van der Waals surface area contributed by atoms with Crippen LogP contribution in [0.1, 0.15) is 13.3 Å². The highest BCUT2D eigenvalue weighted by atomic mass is 35.5. The average Bonchev–Trinajstić information content (AvgIpc) is 2.12. The summed E-state index contributed by atoms with van der Waals surface area (Å²) in [6, 6.07) is 0. The summed E-state index contributed by atoms with van der Waals surface area (Å²) in [4.78, 5) is 2.07. The fraction of sp³-hybridized carbons (Fsp3) is 1.00. The molecule has 1 atom stereocenters. The third-order valence-corrected chi connectivity index (χ3v) is 1.95. The lowest BCUT2D eigenvalue weighted by Crippen LogP contribution is -2.30. The second-order valence-corrected chi connectivity index (χ2v) is 3.23. The van der Waals surface area contributed by atoms with Gasteiger partial charge in [-0.2, -0.15) is 0 Å². The molecule has 1 aliphatic rings. The lowest BCUT2D eigenvalue weighted by Gasteiger charge is -2.15. The average molecular weight is 183 g/mol. The minimum atomic E-state index is -0.963. The van der Waals surface area contributed by atoms with Crippen molar-refractivity contribution in [1.82, 2.24) is 4.90 Å². The molecule has 1 fully saturated rings. The third-order valence-electron chi connectivity index (χ3n) is 1.95. The van der Waals surface area contributed by atoms with E-state index in [1.165, 1.54) is 0 Å². The van der Waals surface area contributed by atoms with E-state index < -0.39 is 5.67 Å². The van der Waals surface area contributed by atoms with Gasteiger partial charge in [0.25, 0.3) is 0 Å². The van der Waals surface area contributed by atoms with Crippen molar-refractivity contribution >= 4 is 12.4 Å². The number of hydrogen-bond acceptors (Lipinski definition) is 2. The minimum Gasteiger partial charge on any atom is -0.329 e. The van der Waals surface area contributed by atoms with Crippen LogP contribution < -0.4 is 5.73 Å². The third kappa shape index (κ3) is 3.36. The van der Waals surface area contributed by atoms with Crippen LogP contribution in [0.2, 0.25) is 0 Å². The quantitative estimate of drug-likeness (QED) is 0.685. The van der Waals surface area contributed by atoms with Gasteiger partial charge in [0.2, 0.25) is 0 Å². The Hall–Kier alpha value is 0.140. The second-order valence-electron chi connectivity index (χ2n) is 3.23. The number of alkyl halides is 1. The molecule has 0 spiro atoms. The van der Waals surface area contributed by atoms with Crippen LogP contribution in [0.5, 0.6) is 0 Å². The van der Waals surface area contributed by atoms with Crippen LogP contribution in [0, 0.1) is 0 Å². The molecule has 2 nitrogen and oxygen atoms in total. The first kappa shape index (κ1) is 11.1. The highest BCUT2D eigenvalue weighted by Crippen LogP contribution is 2.23. The van der Waals surface area contributed by atoms with E-state index in [0.717, 1.165) is 13.1 Å². The molecule has 0 bridgehead atoms. The number of hydrogen-bond donors (Lipinski definition) is 1. The van der Waals surface area contributed by atoms with Crippen molar-refractivity contribution < 1.29 is 4.39 Å². The van der Waals surface area contributed by atoms with Gasteiger partial charge in [0, 0.05) is 26.2 Å². The maximum absolute atomic E-state index is 13.1. The van der Waals surface area contributed by atoms with Crippen molar-refractivity contribution in [2.24, 2.45) is 5.73 Å². The molecule has 11 heavy (non-hydrogen) atoms. The molecule has 0 saturated carbocycles. The van der Waals surface area contributed by atoms with Gasteiger partial charge < -0.3 is 5.73 Å². The van der Waals surface area contributed by atoms with Crippen molar-refractivity contribution in [3.05, 3.63) is 0 Å². The fourth-order valence-electron chi connectivity index (χ4n) is 1.39. The van der Waals surface area contributed by atoms with Crippen LogP contribution in [0.25, 0.3) is 0 Å². The zero-order valence-electron chi connectivity index (χ0n) is 6.85. The molecule has 68 valence electrons. The van der Waals surface area contributed by atoms with Gasteiger partial charge in [0.1, 0.15) is 5.67 Å². The Bertz CT molecular complexity index is 119. The van der Waals surface area contributed by atoms with E-state index in [0.29, 0.717) is 19.5 Å². The molecule has 1 rings (SSSR count). The number of rotatable bonds is 2. The lowest BCUT2D eigenvalue weighted by molar-refractivity contribution is 0.190. The maximum Gasteiger partial charge on any atom is 0.122 e. The standard InChI is InChI=1S/C7H15FN2.ClH/c1-7(8)2-4-10(6-7)5-3-9;/h2-6,9H2,1H3;1H. The van der Waals surface area contributed by atoms with Gasteiger partial charge in [0.05, 0.1) is 0 Å². The van der Waals surface area contributed by atoms with Crippen LogP contribution >= 0.6 is 12.4 Å². The summed E-state index contributed by atoms with van der Waals surface area (Å²) in [7, 11) is 0. The first-order valence-electron chi connectivity index (χ1n) is 3.75. The van der Waals surface area contributed by atoms with E-state index in [-0.39, 0.29) is 12.4 Å². The Morgan fingerprint density at radius 1 is 1.64 bits per heavy atom. The molecular formula is C7H16ClFN2. The van der Waals surface area contributed by atoms with Crippen LogP contribution in [0.15, 0.2) is 0 Å². The Balaban J connectivity index is 0.000001000. The van der Waals surface area contributed by atoms with Crippen LogP contribution in [0.4, 0.5) is 4.39 Å². The summed E-state index contributed by atoms with van der Waals surface area (Å²) < 4.78 is 13.1. The molecule has 2 N–H and O–H groups in total. The molecule has 0 aromatic heterocycles. The molecule has 0 aromatic carbocycles. The summed E-state index contributed by atoms with van der Waals surface area (Å²) in [5, 5.41) is 0. The predicted molar refractivity (Wildman–Crippen MR) is 46.9 cm³/mol. The normalized spacial score (nSPS) is 31.9. The monoisotopic (exact) mass is 182 g/mol. The molecule has 1 saturated heterocycles. The first-order valence-corrected chi connectivity index (χ1v) is 3.75. The van der Waals surface area contributed by atoms with Gasteiger partial charge in [-0.05, 0) is 13.3 Å². The van der Waals surface area contributed by atoms with Gasteiger partial charge in [-0.3, -0.25) is 4.90 Å². The highest BCUT2D eigenvalue weighted by molar-refractivity contribution is 5.85. The predicted octanol–water partition coefficient (Wildman–Crippen LogP) is 0.801. The van der Waals surface area contributed by atoms with Crippen molar-refractivity contribution in [3.63, 3.8) is 0 Å². The van der Waals surface area contributed by atoms with Crippen molar-refractivity contribution in [2.75, 3.05) is 26.2 Å². The topological polar surface area (TPSA) is 29.3 Å². The zero-order valence-corrected chi connectivity index (χ0v) is 7.66. The Kier molecular flexibility index (Phi) is 4.29. The summed E-state index contributed by atoms with van der Waals surface area (Å²) in [6.07, 6.45) is 0.660.